The molecule has 1 aliphatic carbocycles. The molecular weight excluding hydrogens is 363 g/mol. The highest BCUT2D eigenvalue weighted by atomic mass is 32.2. The maximum Gasteiger partial charge on any atom is 0.453 e. The molecule has 0 fully saturated rings. The molecule has 1 aliphatic rings. The highest BCUT2D eigenvalue weighted by molar-refractivity contribution is 8.02. The van der Waals surface area contributed by atoms with E-state index in [9.17, 15) is 13.2 Å². The number of hydrogen-bond donors (Lipinski definition) is 0. The number of alkyl halides is 3. The molecule has 0 saturated carbocycles. The molecule has 3 rings (SSSR count). The van der Waals surface area contributed by atoms with Gasteiger partial charge in [0.2, 0.25) is 0 Å². The predicted molar refractivity (Wildman–Crippen MR) is 96.0 cm³/mol. The SMILES string of the molecule is COc1ccc(-c2nc(C(F)(F)F)nn2C2(C)C=CC(SC)=CC2)cc1. The van der Waals surface area contributed by atoms with Crippen LogP contribution in [0.3, 0.4) is 0 Å². The van der Waals surface area contributed by atoms with Gasteiger partial charge in [0.05, 0.1) is 12.6 Å². The standard InChI is InChI=1S/C18H18F3N3OS/c1-17(10-8-14(26-3)9-11-17)24-15(22-16(23-24)18(19,20)21)12-4-6-13(25-2)7-5-12/h4-10H,11H2,1-3H3. The second-order valence-electron chi connectivity index (χ2n) is 6.10. The summed E-state index contributed by atoms with van der Waals surface area (Å²) in [6, 6.07) is 6.73. The van der Waals surface area contributed by atoms with E-state index in [1.165, 1.54) is 11.8 Å². The molecule has 2 aromatic rings. The number of thioether (sulfide) groups is 1. The van der Waals surface area contributed by atoms with Gasteiger partial charge in [0, 0.05) is 10.5 Å². The Hall–Kier alpha value is -2.22. The molecule has 1 aromatic carbocycles. The van der Waals surface area contributed by atoms with Gasteiger partial charge in [-0.3, -0.25) is 0 Å². The van der Waals surface area contributed by atoms with Crippen LogP contribution in [0.2, 0.25) is 0 Å². The van der Waals surface area contributed by atoms with Gasteiger partial charge in [-0.1, -0.05) is 18.2 Å². The molecule has 0 amide bonds. The van der Waals surface area contributed by atoms with E-state index in [-0.39, 0.29) is 5.82 Å². The summed E-state index contributed by atoms with van der Waals surface area (Å²) in [6.45, 7) is 1.85. The molecule has 0 bridgehead atoms. The van der Waals surface area contributed by atoms with Gasteiger partial charge in [-0.05, 0) is 43.9 Å². The third-order valence-electron chi connectivity index (χ3n) is 4.25. The topological polar surface area (TPSA) is 39.9 Å². The molecule has 1 heterocycles. The quantitative estimate of drug-likeness (QED) is 0.756. The summed E-state index contributed by atoms with van der Waals surface area (Å²) in [4.78, 5) is 4.87. The van der Waals surface area contributed by atoms with Crippen LogP contribution >= 0.6 is 11.8 Å². The second-order valence-corrected chi connectivity index (χ2v) is 6.98. The van der Waals surface area contributed by atoms with Gasteiger partial charge < -0.3 is 4.74 Å². The van der Waals surface area contributed by atoms with Crippen LogP contribution in [-0.4, -0.2) is 28.1 Å². The van der Waals surface area contributed by atoms with E-state index in [2.05, 4.69) is 10.1 Å². The minimum atomic E-state index is -4.61. The van der Waals surface area contributed by atoms with Gasteiger partial charge in [0.25, 0.3) is 5.82 Å². The molecule has 138 valence electrons. The third-order valence-corrected chi connectivity index (χ3v) is 5.03. The highest BCUT2D eigenvalue weighted by Crippen LogP contribution is 2.36. The maximum atomic E-state index is 13.2. The summed E-state index contributed by atoms with van der Waals surface area (Å²) in [5.74, 6) is -0.349. The molecule has 0 radical (unpaired) electrons. The number of ether oxygens (including phenoxy) is 1. The maximum absolute atomic E-state index is 13.2. The lowest BCUT2D eigenvalue weighted by molar-refractivity contribution is -0.145. The van der Waals surface area contributed by atoms with Crippen molar-refractivity contribution >= 4 is 11.8 Å². The first-order valence-electron chi connectivity index (χ1n) is 7.89. The minimum absolute atomic E-state index is 0.174. The van der Waals surface area contributed by atoms with Crippen LogP contribution in [0.25, 0.3) is 11.4 Å². The van der Waals surface area contributed by atoms with Crippen LogP contribution in [-0.2, 0) is 11.7 Å². The lowest BCUT2D eigenvalue weighted by atomic mass is 9.93. The van der Waals surface area contributed by atoms with Gasteiger partial charge in [-0.15, -0.1) is 16.9 Å². The van der Waals surface area contributed by atoms with Crippen molar-refractivity contribution in [1.82, 2.24) is 14.8 Å². The van der Waals surface area contributed by atoms with E-state index in [4.69, 9.17) is 4.74 Å². The molecule has 0 N–H and O–H groups in total. The van der Waals surface area contributed by atoms with Gasteiger partial charge in [0.15, 0.2) is 5.82 Å². The number of hydrogen-bond acceptors (Lipinski definition) is 4. The normalized spacial score (nSPS) is 20.2. The van der Waals surface area contributed by atoms with E-state index >= 15 is 0 Å². The molecule has 1 atom stereocenters. The molecule has 8 heteroatoms. The Morgan fingerprint density at radius 1 is 1.23 bits per heavy atom. The molecule has 26 heavy (non-hydrogen) atoms. The Labute approximate surface area is 153 Å². The van der Waals surface area contributed by atoms with E-state index in [0.29, 0.717) is 17.7 Å². The van der Waals surface area contributed by atoms with Crippen molar-refractivity contribution in [2.45, 2.75) is 25.1 Å². The monoisotopic (exact) mass is 381 g/mol. The fraction of sp³-hybridized carbons (Fsp3) is 0.333. The van der Waals surface area contributed by atoms with E-state index < -0.39 is 17.5 Å². The molecule has 0 spiro atoms. The number of benzene rings is 1. The van der Waals surface area contributed by atoms with Gasteiger partial charge >= 0.3 is 6.18 Å². The van der Waals surface area contributed by atoms with Crippen molar-refractivity contribution < 1.29 is 17.9 Å². The predicted octanol–water partition coefficient (Wildman–Crippen LogP) is 4.89. The fourth-order valence-corrected chi connectivity index (χ4v) is 3.18. The van der Waals surface area contributed by atoms with Crippen molar-refractivity contribution in [2.24, 2.45) is 0 Å². The molecule has 0 saturated heterocycles. The average molecular weight is 381 g/mol. The Kier molecular flexibility index (Phi) is 4.88. The van der Waals surface area contributed by atoms with Crippen LogP contribution in [0.4, 0.5) is 13.2 Å². The second kappa shape index (κ2) is 6.83. The summed E-state index contributed by atoms with van der Waals surface area (Å²) in [6.07, 6.45) is 3.66. The lowest BCUT2D eigenvalue weighted by Crippen LogP contribution is -2.31. The molecule has 1 unspecified atom stereocenters. The van der Waals surface area contributed by atoms with Crippen LogP contribution < -0.4 is 4.74 Å². The van der Waals surface area contributed by atoms with Gasteiger partial charge in [-0.2, -0.15) is 13.2 Å². The first kappa shape index (κ1) is 18.6. The van der Waals surface area contributed by atoms with Gasteiger partial charge in [0.1, 0.15) is 5.75 Å². The average Bonchev–Trinajstić information content (AvgIpc) is 3.09. The number of halogens is 3. The summed E-state index contributed by atoms with van der Waals surface area (Å²) in [5, 5.41) is 3.81. The Balaban J connectivity index is 2.10. The van der Waals surface area contributed by atoms with Crippen LogP contribution in [0.15, 0.2) is 47.4 Å². The molecule has 1 aromatic heterocycles. The zero-order valence-corrected chi connectivity index (χ0v) is 15.4. The summed E-state index contributed by atoms with van der Waals surface area (Å²) < 4.78 is 46.2. The van der Waals surface area contributed by atoms with Crippen LogP contribution in [0.5, 0.6) is 5.75 Å². The van der Waals surface area contributed by atoms with Gasteiger partial charge in [-0.25, -0.2) is 9.67 Å². The fourth-order valence-electron chi connectivity index (χ4n) is 2.73. The minimum Gasteiger partial charge on any atom is -0.497 e. The van der Waals surface area contributed by atoms with Crippen molar-refractivity contribution in [3.63, 3.8) is 0 Å². The highest BCUT2D eigenvalue weighted by Gasteiger charge is 2.40. The number of rotatable bonds is 4. The smallest absolute Gasteiger partial charge is 0.453 e. The van der Waals surface area contributed by atoms with E-state index in [1.54, 1.807) is 36.0 Å². The van der Waals surface area contributed by atoms with Crippen LogP contribution in [0.1, 0.15) is 19.2 Å². The Bertz CT molecular complexity index is 856. The Morgan fingerprint density at radius 2 is 1.92 bits per heavy atom. The first-order valence-corrected chi connectivity index (χ1v) is 9.12. The van der Waals surface area contributed by atoms with Crippen molar-refractivity contribution in [1.29, 1.82) is 0 Å². The number of methoxy groups -OCH3 is 1. The number of nitrogens with zero attached hydrogens (tertiary/aromatic N) is 3. The van der Waals surface area contributed by atoms with E-state index in [0.717, 1.165) is 4.91 Å². The molecule has 0 aliphatic heterocycles. The number of aromatic nitrogens is 3. The van der Waals surface area contributed by atoms with Crippen molar-refractivity contribution in [2.75, 3.05) is 13.4 Å². The molecular formula is C18H18F3N3OS. The summed E-state index contributed by atoms with van der Waals surface area (Å²) >= 11 is 1.59. The van der Waals surface area contributed by atoms with Crippen molar-refractivity contribution in [3.05, 3.63) is 53.2 Å². The first-order chi connectivity index (χ1) is 12.3. The van der Waals surface area contributed by atoms with E-state index in [1.807, 2.05) is 31.4 Å². The largest absolute Gasteiger partial charge is 0.497 e. The third kappa shape index (κ3) is 3.51. The molecule has 4 nitrogen and oxygen atoms in total. The van der Waals surface area contributed by atoms with Crippen LogP contribution in [0, 0.1) is 0 Å². The number of allylic oxidation sites excluding steroid dienone is 3. The summed E-state index contributed by atoms with van der Waals surface area (Å²) in [5.41, 5.74) is -0.187. The Morgan fingerprint density at radius 3 is 2.42 bits per heavy atom. The zero-order valence-electron chi connectivity index (χ0n) is 14.5. The zero-order chi connectivity index (χ0) is 18.9. The summed E-state index contributed by atoms with van der Waals surface area (Å²) in [7, 11) is 1.53. The van der Waals surface area contributed by atoms with Crippen molar-refractivity contribution in [3.8, 4) is 17.1 Å². The lowest BCUT2D eigenvalue weighted by Gasteiger charge is -2.29.